The standard InChI is InChI=1S/C27H31F2N3O3/c1-3-17-7-8-19-5-4-6-23(22(19)12-17)30-15-26(33)24(13-18-10-20(28)14-21(29)11-18)31-27(34)25-9-16(2)35-32-25/h7-12,14,23-24,26,30,33H,3-6,13,15H2,1-2H3,(H,31,34)/t23-,24-,26-/m0/s1. The molecule has 0 spiro atoms. The minimum atomic E-state index is -1.02. The molecule has 3 aromatic rings. The van der Waals surface area contributed by atoms with Crippen LogP contribution >= 0.6 is 0 Å². The first-order valence-electron chi connectivity index (χ1n) is 12.0. The Morgan fingerprint density at radius 1 is 1.17 bits per heavy atom. The maximum atomic E-state index is 13.8. The maximum absolute atomic E-state index is 13.8. The molecule has 1 heterocycles. The number of aromatic nitrogens is 1. The summed E-state index contributed by atoms with van der Waals surface area (Å²) in [6.07, 6.45) is 2.99. The number of fused-ring (bicyclic) bond motifs is 1. The third-order valence-electron chi connectivity index (χ3n) is 6.53. The van der Waals surface area contributed by atoms with Crippen molar-refractivity contribution >= 4 is 5.91 Å². The minimum absolute atomic E-state index is 0.0430. The highest BCUT2D eigenvalue weighted by atomic mass is 19.1. The smallest absolute Gasteiger partial charge is 0.273 e. The van der Waals surface area contributed by atoms with Gasteiger partial charge in [0.05, 0.1) is 12.1 Å². The molecule has 0 saturated heterocycles. The Kier molecular flexibility index (Phi) is 7.93. The number of benzene rings is 2. The van der Waals surface area contributed by atoms with Crippen LogP contribution in [0.4, 0.5) is 8.78 Å². The first-order chi connectivity index (χ1) is 16.8. The summed E-state index contributed by atoms with van der Waals surface area (Å²) < 4.78 is 32.5. The van der Waals surface area contributed by atoms with E-state index in [2.05, 4.69) is 40.9 Å². The van der Waals surface area contributed by atoms with E-state index in [1.807, 2.05) is 0 Å². The molecule has 1 amide bonds. The van der Waals surface area contributed by atoms with Crippen molar-refractivity contribution in [3.8, 4) is 0 Å². The fourth-order valence-electron chi connectivity index (χ4n) is 4.67. The van der Waals surface area contributed by atoms with E-state index in [0.717, 1.165) is 31.7 Å². The van der Waals surface area contributed by atoms with E-state index in [1.54, 1.807) is 6.92 Å². The zero-order valence-corrected chi connectivity index (χ0v) is 20.0. The number of carbonyl (C=O) groups excluding carboxylic acids is 1. The van der Waals surface area contributed by atoms with E-state index in [9.17, 15) is 18.7 Å². The van der Waals surface area contributed by atoms with Gasteiger partial charge in [0.2, 0.25) is 0 Å². The summed E-state index contributed by atoms with van der Waals surface area (Å²) in [5, 5.41) is 21.0. The normalized spacial score (nSPS) is 17.0. The predicted octanol–water partition coefficient (Wildman–Crippen LogP) is 4.19. The zero-order chi connectivity index (χ0) is 24.9. The fraction of sp³-hybridized carbons (Fsp3) is 0.407. The van der Waals surface area contributed by atoms with Crippen molar-refractivity contribution < 1.29 is 23.2 Å². The molecular weight excluding hydrogens is 452 g/mol. The van der Waals surface area contributed by atoms with Gasteiger partial charge in [-0.05, 0) is 73.4 Å². The number of nitrogens with one attached hydrogen (secondary N) is 2. The van der Waals surface area contributed by atoms with Gasteiger partial charge < -0.3 is 20.3 Å². The molecule has 0 unspecified atom stereocenters. The third kappa shape index (κ3) is 6.32. The maximum Gasteiger partial charge on any atom is 0.273 e. The molecule has 8 heteroatoms. The van der Waals surface area contributed by atoms with Gasteiger partial charge in [-0.1, -0.05) is 30.3 Å². The van der Waals surface area contributed by atoms with Crippen LogP contribution in [-0.4, -0.2) is 34.9 Å². The lowest BCUT2D eigenvalue weighted by atomic mass is 9.86. The summed E-state index contributed by atoms with van der Waals surface area (Å²) in [6.45, 7) is 3.98. The first-order valence-corrected chi connectivity index (χ1v) is 12.0. The number of aliphatic hydroxyl groups is 1. The van der Waals surface area contributed by atoms with Crippen LogP contribution in [0.1, 0.15) is 64.3 Å². The minimum Gasteiger partial charge on any atom is -0.390 e. The van der Waals surface area contributed by atoms with Gasteiger partial charge in [-0.2, -0.15) is 0 Å². The highest BCUT2D eigenvalue weighted by molar-refractivity contribution is 5.92. The van der Waals surface area contributed by atoms with Crippen LogP contribution in [0.3, 0.4) is 0 Å². The molecule has 0 saturated carbocycles. The Hall–Kier alpha value is -3.10. The summed E-state index contributed by atoms with van der Waals surface area (Å²) in [7, 11) is 0. The lowest BCUT2D eigenvalue weighted by molar-refractivity contribution is 0.0814. The van der Waals surface area contributed by atoms with E-state index in [1.165, 1.54) is 34.9 Å². The lowest BCUT2D eigenvalue weighted by Crippen LogP contribution is -2.49. The molecule has 35 heavy (non-hydrogen) atoms. The van der Waals surface area contributed by atoms with Crippen molar-refractivity contribution in [3.63, 3.8) is 0 Å². The Morgan fingerprint density at radius 2 is 1.94 bits per heavy atom. The SMILES string of the molecule is CCc1ccc2c(c1)[C@@H](NC[C@H](O)[C@H](Cc1cc(F)cc(F)c1)NC(=O)c1cc(C)on1)CCC2. The number of nitrogens with zero attached hydrogens (tertiary/aromatic N) is 1. The van der Waals surface area contributed by atoms with Crippen LogP contribution in [0.15, 0.2) is 47.0 Å². The molecule has 1 aliphatic rings. The van der Waals surface area contributed by atoms with Gasteiger partial charge in [-0.25, -0.2) is 8.78 Å². The molecule has 0 fully saturated rings. The van der Waals surface area contributed by atoms with Gasteiger partial charge >= 0.3 is 0 Å². The number of amides is 1. The summed E-state index contributed by atoms with van der Waals surface area (Å²) in [6, 6.07) is 10.5. The van der Waals surface area contributed by atoms with Crippen LogP contribution in [0, 0.1) is 18.6 Å². The molecule has 0 aliphatic heterocycles. The van der Waals surface area contributed by atoms with E-state index in [-0.39, 0.29) is 24.7 Å². The number of hydrogen-bond acceptors (Lipinski definition) is 5. The number of aryl methyl sites for hydroxylation is 3. The fourth-order valence-corrected chi connectivity index (χ4v) is 4.67. The summed E-state index contributed by atoms with van der Waals surface area (Å²) in [4.78, 5) is 12.7. The Bertz CT molecular complexity index is 1160. The summed E-state index contributed by atoms with van der Waals surface area (Å²) >= 11 is 0. The summed E-state index contributed by atoms with van der Waals surface area (Å²) in [5.41, 5.74) is 4.22. The Balaban J connectivity index is 1.50. The van der Waals surface area contributed by atoms with Gasteiger partial charge in [-0.15, -0.1) is 0 Å². The molecule has 186 valence electrons. The second-order valence-electron chi connectivity index (χ2n) is 9.19. The molecule has 0 radical (unpaired) electrons. The van der Waals surface area contributed by atoms with Crippen LogP contribution in [0.25, 0.3) is 0 Å². The highest BCUT2D eigenvalue weighted by Crippen LogP contribution is 2.30. The number of halogens is 2. The van der Waals surface area contributed by atoms with Crippen LogP contribution < -0.4 is 10.6 Å². The van der Waals surface area contributed by atoms with Crippen molar-refractivity contribution in [1.82, 2.24) is 15.8 Å². The number of rotatable bonds is 9. The number of hydrogen-bond donors (Lipinski definition) is 3. The van der Waals surface area contributed by atoms with Gasteiger partial charge in [-0.3, -0.25) is 4.79 Å². The predicted molar refractivity (Wildman–Crippen MR) is 128 cm³/mol. The molecule has 1 aromatic heterocycles. The van der Waals surface area contributed by atoms with E-state index in [4.69, 9.17) is 4.52 Å². The lowest BCUT2D eigenvalue weighted by Gasteiger charge is -2.30. The molecular formula is C27H31F2N3O3. The molecule has 3 N–H and O–H groups in total. The van der Waals surface area contributed by atoms with Crippen molar-refractivity contribution in [2.45, 2.75) is 64.1 Å². The average molecular weight is 484 g/mol. The topological polar surface area (TPSA) is 87.4 Å². The van der Waals surface area contributed by atoms with E-state index < -0.39 is 29.7 Å². The van der Waals surface area contributed by atoms with Gasteiger partial charge in [0.1, 0.15) is 17.4 Å². The largest absolute Gasteiger partial charge is 0.390 e. The van der Waals surface area contributed by atoms with Crippen molar-refractivity contribution in [2.24, 2.45) is 0 Å². The van der Waals surface area contributed by atoms with Crippen molar-refractivity contribution in [2.75, 3.05) is 6.54 Å². The molecule has 3 atom stereocenters. The van der Waals surface area contributed by atoms with Gasteiger partial charge in [0, 0.05) is 24.7 Å². The van der Waals surface area contributed by atoms with Crippen molar-refractivity contribution in [3.05, 3.63) is 87.8 Å². The van der Waals surface area contributed by atoms with E-state index >= 15 is 0 Å². The average Bonchev–Trinajstić information content (AvgIpc) is 3.27. The van der Waals surface area contributed by atoms with Crippen molar-refractivity contribution in [1.29, 1.82) is 0 Å². The van der Waals surface area contributed by atoms with Crippen LogP contribution in [0.5, 0.6) is 0 Å². The number of carbonyl (C=O) groups is 1. The first kappa shape index (κ1) is 25.0. The molecule has 2 aromatic carbocycles. The quantitative estimate of drug-likeness (QED) is 0.425. The Morgan fingerprint density at radius 3 is 2.63 bits per heavy atom. The molecule has 0 bridgehead atoms. The second kappa shape index (κ2) is 11.1. The summed E-state index contributed by atoms with van der Waals surface area (Å²) in [5.74, 6) is -1.48. The molecule has 4 rings (SSSR count). The van der Waals surface area contributed by atoms with E-state index in [0.29, 0.717) is 11.3 Å². The highest BCUT2D eigenvalue weighted by Gasteiger charge is 2.27. The van der Waals surface area contributed by atoms with Crippen LogP contribution in [0.2, 0.25) is 0 Å². The number of aliphatic hydroxyl groups excluding tert-OH is 1. The monoisotopic (exact) mass is 483 g/mol. The zero-order valence-electron chi connectivity index (χ0n) is 20.0. The van der Waals surface area contributed by atoms with Gasteiger partial charge in [0.25, 0.3) is 5.91 Å². The second-order valence-corrected chi connectivity index (χ2v) is 9.19. The third-order valence-corrected chi connectivity index (χ3v) is 6.53. The molecule has 6 nitrogen and oxygen atoms in total. The van der Waals surface area contributed by atoms with Crippen LogP contribution in [-0.2, 0) is 19.3 Å². The Labute approximate surface area is 203 Å². The molecule has 1 aliphatic carbocycles. The van der Waals surface area contributed by atoms with Gasteiger partial charge in [0.15, 0.2) is 5.69 Å².